The Morgan fingerprint density at radius 3 is 2.67 bits per heavy atom. The van der Waals surface area contributed by atoms with Crippen molar-refractivity contribution in [1.82, 2.24) is 9.88 Å². The highest BCUT2D eigenvalue weighted by Crippen LogP contribution is 2.50. The minimum absolute atomic E-state index is 0.0956. The highest BCUT2D eigenvalue weighted by atomic mass is 16.2. The molecule has 136 valence electrons. The zero-order valence-electron chi connectivity index (χ0n) is 15.4. The first kappa shape index (κ1) is 16.5. The summed E-state index contributed by atoms with van der Waals surface area (Å²) in [6.07, 6.45) is 1.22. The van der Waals surface area contributed by atoms with Gasteiger partial charge in [0.2, 0.25) is 0 Å². The number of aryl methyl sites for hydroxylation is 1. The first-order valence-corrected chi connectivity index (χ1v) is 9.65. The van der Waals surface area contributed by atoms with Gasteiger partial charge in [-0.3, -0.25) is 9.78 Å². The summed E-state index contributed by atoms with van der Waals surface area (Å²) in [6, 6.07) is 18.2. The maximum absolute atomic E-state index is 13.8. The smallest absolute Gasteiger partial charge is 0.255 e. The van der Waals surface area contributed by atoms with Crippen molar-refractivity contribution in [2.75, 3.05) is 13.1 Å². The van der Waals surface area contributed by atoms with E-state index < -0.39 is 0 Å². The van der Waals surface area contributed by atoms with Crippen LogP contribution in [0, 0.1) is 18.8 Å². The molecular weight excluding hydrogens is 334 g/mol. The highest BCUT2D eigenvalue weighted by Gasteiger charge is 2.53. The number of likely N-dealkylation sites (tertiary alicyclic amines) is 1. The standard InChI is InChI=1S/C23H23N3O/c1-14-21(15-7-3-2-4-8-15)22(17-9-5-6-10-19(17)25-14)23(27)26-13-16-11-18(16)20(26)12-24/h2-10,16,18,20H,11-13,24H2,1H3/t16-,18-,20-/m1/s1. The third-order valence-electron chi connectivity index (χ3n) is 6.16. The van der Waals surface area contributed by atoms with E-state index in [1.165, 1.54) is 6.42 Å². The lowest BCUT2D eigenvalue weighted by atomic mass is 9.93. The van der Waals surface area contributed by atoms with Gasteiger partial charge in [-0.1, -0.05) is 48.5 Å². The molecule has 3 aromatic rings. The molecule has 3 atom stereocenters. The maximum Gasteiger partial charge on any atom is 0.255 e. The Labute approximate surface area is 159 Å². The van der Waals surface area contributed by atoms with Crippen molar-refractivity contribution >= 4 is 16.8 Å². The van der Waals surface area contributed by atoms with E-state index in [9.17, 15) is 4.79 Å². The largest absolute Gasteiger partial charge is 0.334 e. The van der Waals surface area contributed by atoms with Gasteiger partial charge in [0.15, 0.2) is 0 Å². The molecule has 1 amide bonds. The molecule has 2 heterocycles. The summed E-state index contributed by atoms with van der Waals surface area (Å²) < 4.78 is 0. The normalized spacial score (nSPS) is 23.5. The van der Waals surface area contributed by atoms with E-state index in [1.54, 1.807) is 0 Å². The van der Waals surface area contributed by atoms with Crippen molar-refractivity contribution in [2.24, 2.45) is 17.6 Å². The van der Waals surface area contributed by atoms with Crippen molar-refractivity contribution < 1.29 is 4.79 Å². The minimum atomic E-state index is 0.0956. The van der Waals surface area contributed by atoms with Crippen LogP contribution in [0.15, 0.2) is 54.6 Å². The van der Waals surface area contributed by atoms with E-state index in [0.717, 1.165) is 39.8 Å². The number of pyridine rings is 1. The van der Waals surface area contributed by atoms with Gasteiger partial charge in [-0.25, -0.2) is 0 Å². The number of piperidine rings is 1. The summed E-state index contributed by atoms with van der Waals surface area (Å²) >= 11 is 0. The summed E-state index contributed by atoms with van der Waals surface area (Å²) in [6.45, 7) is 3.36. The monoisotopic (exact) mass is 357 g/mol. The number of benzene rings is 2. The number of carbonyl (C=O) groups excluding carboxylic acids is 1. The van der Waals surface area contributed by atoms with Crippen molar-refractivity contribution in [3.63, 3.8) is 0 Å². The van der Waals surface area contributed by atoms with Crippen molar-refractivity contribution in [3.8, 4) is 11.1 Å². The van der Waals surface area contributed by atoms with Crippen LogP contribution in [0.2, 0.25) is 0 Å². The van der Waals surface area contributed by atoms with Gasteiger partial charge in [0.05, 0.1) is 11.1 Å². The molecule has 1 saturated heterocycles. The fraction of sp³-hybridized carbons (Fsp3) is 0.304. The second kappa shape index (κ2) is 6.17. The number of hydrogen-bond donors (Lipinski definition) is 1. The van der Waals surface area contributed by atoms with Crippen LogP contribution in [0.4, 0.5) is 0 Å². The predicted octanol–water partition coefficient (Wildman–Crippen LogP) is 3.63. The molecule has 5 rings (SSSR count). The number of aromatic nitrogens is 1. The van der Waals surface area contributed by atoms with Crippen LogP contribution < -0.4 is 5.73 Å². The van der Waals surface area contributed by atoms with Gasteiger partial charge in [-0.2, -0.15) is 0 Å². The Morgan fingerprint density at radius 1 is 1.15 bits per heavy atom. The van der Waals surface area contributed by atoms with Gasteiger partial charge in [0, 0.05) is 35.8 Å². The van der Waals surface area contributed by atoms with E-state index >= 15 is 0 Å². The van der Waals surface area contributed by atoms with E-state index in [-0.39, 0.29) is 11.9 Å². The molecule has 1 aliphatic heterocycles. The Kier molecular flexibility index (Phi) is 3.76. The van der Waals surface area contributed by atoms with Crippen LogP contribution in [0.25, 0.3) is 22.0 Å². The number of fused-ring (bicyclic) bond motifs is 2. The number of rotatable bonds is 3. The fourth-order valence-electron chi connectivity index (χ4n) is 4.77. The predicted molar refractivity (Wildman–Crippen MR) is 107 cm³/mol. The van der Waals surface area contributed by atoms with Gasteiger partial charge < -0.3 is 10.6 Å². The van der Waals surface area contributed by atoms with Crippen LogP contribution in [-0.4, -0.2) is 34.9 Å². The molecule has 0 bridgehead atoms. The highest BCUT2D eigenvalue weighted by molar-refractivity contribution is 6.12. The zero-order chi connectivity index (χ0) is 18.5. The fourth-order valence-corrected chi connectivity index (χ4v) is 4.77. The SMILES string of the molecule is Cc1nc2ccccc2c(C(=O)N2C[C@H]3C[C@H]3[C@H]2CN)c1-c1ccccc1. The molecule has 1 aliphatic carbocycles. The molecule has 0 radical (unpaired) electrons. The molecule has 2 N–H and O–H groups in total. The lowest BCUT2D eigenvalue weighted by Gasteiger charge is -2.28. The Bertz CT molecular complexity index is 1030. The van der Waals surface area contributed by atoms with Gasteiger partial charge in [0.1, 0.15) is 0 Å². The Hall–Kier alpha value is -2.72. The van der Waals surface area contributed by atoms with Crippen molar-refractivity contribution in [1.29, 1.82) is 0 Å². The quantitative estimate of drug-likeness (QED) is 0.779. The lowest BCUT2D eigenvalue weighted by Crippen LogP contribution is -2.43. The Morgan fingerprint density at radius 2 is 1.89 bits per heavy atom. The molecule has 2 aliphatic rings. The second-order valence-electron chi connectivity index (χ2n) is 7.75. The molecule has 1 aromatic heterocycles. The number of hydrogen-bond acceptors (Lipinski definition) is 3. The molecule has 0 spiro atoms. The minimum Gasteiger partial charge on any atom is -0.334 e. The number of carbonyl (C=O) groups is 1. The third kappa shape index (κ3) is 2.55. The van der Waals surface area contributed by atoms with Crippen molar-refractivity contribution in [3.05, 3.63) is 65.9 Å². The van der Waals surface area contributed by atoms with Crippen LogP contribution in [-0.2, 0) is 0 Å². The van der Waals surface area contributed by atoms with Crippen LogP contribution in [0.1, 0.15) is 22.5 Å². The van der Waals surface area contributed by atoms with Gasteiger partial charge in [-0.15, -0.1) is 0 Å². The molecule has 1 saturated carbocycles. The average molecular weight is 357 g/mol. The van der Waals surface area contributed by atoms with E-state index in [0.29, 0.717) is 18.4 Å². The second-order valence-corrected chi connectivity index (χ2v) is 7.75. The lowest BCUT2D eigenvalue weighted by molar-refractivity contribution is 0.0715. The van der Waals surface area contributed by atoms with Gasteiger partial charge >= 0.3 is 0 Å². The van der Waals surface area contributed by atoms with Crippen molar-refractivity contribution in [2.45, 2.75) is 19.4 Å². The molecule has 2 aromatic carbocycles. The maximum atomic E-state index is 13.8. The number of nitrogens with two attached hydrogens (primary N) is 1. The van der Waals surface area contributed by atoms with E-state index in [2.05, 4.69) is 12.1 Å². The van der Waals surface area contributed by atoms with Gasteiger partial charge in [0.25, 0.3) is 5.91 Å². The summed E-state index contributed by atoms with van der Waals surface area (Å²) in [5, 5.41) is 0.920. The summed E-state index contributed by atoms with van der Waals surface area (Å²) in [4.78, 5) is 20.6. The topological polar surface area (TPSA) is 59.2 Å². The molecule has 4 heteroatoms. The Balaban J connectivity index is 1.73. The molecule has 0 unspecified atom stereocenters. The number of amides is 1. The molecule has 4 nitrogen and oxygen atoms in total. The van der Waals surface area contributed by atoms with Gasteiger partial charge in [-0.05, 0) is 36.8 Å². The molecule has 2 fully saturated rings. The van der Waals surface area contributed by atoms with Crippen LogP contribution in [0.5, 0.6) is 0 Å². The summed E-state index contributed by atoms with van der Waals surface area (Å²) in [5.74, 6) is 1.32. The van der Waals surface area contributed by atoms with Crippen LogP contribution >= 0.6 is 0 Å². The third-order valence-corrected chi connectivity index (χ3v) is 6.16. The van der Waals surface area contributed by atoms with E-state index in [4.69, 9.17) is 10.7 Å². The zero-order valence-corrected chi connectivity index (χ0v) is 15.4. The molecule has 27 heavy (non-hydrogen) atoms. The summed E-state index contributed by atoms with van der Waals surface area (Å²) in [7, 11) is 0. The number of para-hydroxylation sites is 1. The van der Waals surface area contributed by atoms with Crippen LogP contribution in [0.3, 0.4) is 0 Å². The molecular formula is C23H23N3O. The average Bonchev–Trinajstić information content (AvgIpc) is 3.37. The van der Waals surface area contributed by atoms with E-state index in [1.807, 2.05) is 54.3 Å². The first-order chi connectivity index (χ1) is 13.2. The summed E-state index contributed by atoms with van der Waals surface area (Å²) in [5.41, 5.74) is 10.5. The number of nitrogens with zero attached hydrogens (tertiary/aromatic N) is 2. The first-order valence-electron chi connectivity index (χ1n) is 9.65.